The van der Waals surface area contributed by atoms with Gasteiger partial charge in [0, 0.05) is 31.7 Å². The monoisotopic (exact) mass is 347 g/mol. The zero-order valence-electron chi connectivity index (χ0n) is 13.3. The Morgan fingerprint density at radius 2 is 2.04 bits per heavy atom. The van der Waals surface area contributed by atoms with Gasteiger partial charge in [-0.3, -0.25) is 4.98 Å². The van der Waals surface area contributed by atoms with Crippen molar-refractivity contribution in [3.8, 4) is 11.5 Å². The summed E-state index contributed by atoms with van der Waals surface area (Å²) in [6.45, 7) is 3.81. The van der Waals surface area contributed by atoms with Crippen molar-refractivity contribution >= 4 is 10.0 Å². The number of rotatable bonds is 6. The zero-order chi connectivity index (χ0) is 17.2. The van der Waals surface area contributed by atoms with Crippen LogP contribution in [0.1, 0.15) is 11.5 Å². The van der Waals surface area contributed by atoms with Crippen molar-refractivity contribution in [3.63, 3.8) is 0 Å². The minimum absolute atomic E-state index is 0.0954. The average Bonchev–Trinajstić information content (AvgIpc) is 3.15. The summed E-state index contributed by atoms with van der Waals surface area (Å²) in [5.41, 5.74) is 1.08. The summed E-state index contributed by atoms with van der Waals surface area (Å²) >= 11 is 0. The molecule has 8 nitrogen and oxygen atoms in total. The lowest BCUT2D eigenvalue weighted by Crippen LogP contribution is -2.28. The van der Waals surface area contributed by atoms with Gasteiger partial charge in [0.1, 0.15) is 16.3 Å². The molecule has 0 aromatic carbocycles. The minimum atomic E-state index is -3.66. The quantitative estimate of drug-likeness (QED) is 0.725. The first kappa shape index (κ1) is 16.3. The first-order valence-corrected chi connectivity index (χ1v) is 8.82. The Morgan fingerprint density at radius 1 is 1.21 bits per heavy atom. The fourth-order valence-electron chi connectivity index (χ4n) is 2.45. The number of hydrogen-bond donors (Lipinski definition) is 1. The molecule has 0 saturated heterocycles. The van der Waals surface area contributed by atoms with E-state index >= 15 is 0 Å². The lowest BCUT2D eigenvalue weighted by atomic mass is 10.3. The maximum Gasteiger partial charge on any atom is 0.246 e. The molecule has 1 N–H and O–H groups in total. The summed E-state index contributed by atoms with van der Waals surface area (Å²) < 4.78 is 34.1. The van der Waals surface area contributed by atoms with E-state index in [9.17, 15) is 8.42 Å². The molecular weight excluding hydrogens is 330 g/mol. The Hall–Kier alpha value is -2.52. The smallest absolute Gasteiger partial charge is 0.246 e. The van der Waals surface area contributed by atoms with E-state index < -0.39 is 10.0 Å². The van der Waals surface area contributed by atoms with Gasteiger partial charge in [-0.25, -0.2) is 18.1 Å². The molecule has 3 rings (SSSR count). The van der Waals surface area contributed by atoms with Crippen LogP contribution < -0.4 is 4.72 Å². The SMILES string of the molecule is Cc1noc(C)c1S(=O)(=O)NCCn1ccnc1-c1ccccn1. The summed E-state index contributed by atoms with van der Waals surface area (Å²) in [6.07, 6.45) is 5.13. The second-order valence-electron chi connectivity index (χ2n) is 5.21. The van der Waals surface area contributed by atoms with E-state index in [1.807, 2.05) is 22.8 Å². The van der Waals surface area contributed by atoms with Crippen molar-refractivity contribution in [3.05, 3.63) is 48.2 Å². The maximum absolute atomic E-state index is 12.4. The third-order valence-corrected chi connectivity index (χ3v) is 5.20. The minimum Gasteiger partial charge on any atom is -0.360 e. The number of aryl methyl sites for hydroxylation is 2. The van der Waals surface area contributed by atoms with Gasteiger partial charge in [0.25, 0.3) is 0 Å². The van der Waals surface area contributed by atoms with Crippen LogP contribution in [-0.4, -0.2) is 34.7 Å². The number of pyridine rings is 1. The molecule has 0 spiro atoms. The van der Waals surface area contributed by atoms with E-state index in [0.717, 1.165) is 5.69 Å². The van der Waals surface area contributed by atoms with Crippen LogP contribution >= 0.6 is 0 Å². The van der Waals surface area contributed by atoms with E-state index in [4.69, 9.17) is 4.52 Å². The Bertz CT molecular complexity index is 912. The number of aromatic nitrogens is 4. The standard InChI is InChI=1S/C15H17N5O3S/c1-11-14(12(2)23-19-11)24(21,22)18-8-10-20-9-7-17-15(20)13-5-3-4-6-16-13/h3-7,9,18H,8,10H2,1-2H3. The molecule has 0 amide bonds. The molecule has 126 valence electrons. The molecular formula is C15H17N5O3S. The Labute approximate surface area is 139 Å². The van der Waals surface area contributed by atoms with Crippen molar-refractivity contribution in [2.45, 2.75) is 25.3 Å². The van der Waals surface area contributed by atoms with Crippen LogP contribution in [0.15, 0.2) is 46.2 Å². The van der Waals surface area contributed by atoms with Crippen LogP contribution in [0, 0.1) is 13.8 Å². The van der Waals surface area contributed by atoms with Crippen LogP contribution in [0.2, 0.25) is 0 Å². The normalized spacial score (nSPS) is 11.8. The molecule has 0 aliphatic heterocycles. The van der Waals surface area contributed by atoms with Crippen LogP contribution in [-0.2, 0) is 16.6 Å². The van der Waals surface area contributed by atoms with Gasteiger partial charge >= 0.3 is 0 Å². The highest BCUT2D eigenvalue weighted by Gasteiger charge is 2.23. The van der Waals surface area contributed by atoms with E-state index in [1.165, 1.54) is 0 Å². The predicted octanol–water partition coefficient (Wildman–Crippen LogP) is 1.53. The molecule has 24 heavy (non-hydrogen) atoms. The molecule has 0 fully saturated rings. The molecule has 3 aromatic heterocycles. The summed E-state index contributed by atoms with van der Waals surface area (Å²) in [7, 11) is -3.66. The molecule has 3 aromatic rings. The molecule has 0 atom stereocenters. The second-order valence-corrected chi connectivity index (χ2v) is 6.91. The number of hydrogen-bond acceptors (Lipinski definition) is 6. The molecule has 0 bridgehead atoms. The molecule has 0 saturated carbocycles. The van der Waals surface area contributed by atoms with Gasteiger partial charge in [0.05, 0.1) is 0 Å². The number of nitrogens with zero attached hydrogens (tertiary/aromatic N) is 4. The summed E-state index contributed by atoms with van der Waals surface area (Å²) in [5.74, 6) is 0.962. The third kappa shape index (κ3) is 3.22. The van der Waals surface area contributed by atoms with Crippen LogP contribution in [0.25, 0.3) is 11.5 Å². The molecule has 9 heteroatoms. The zero-order valence-corrected chi connectivity index (χ0v) is 14.1. The highest BCUT2D eigenvalue weighted by Crippen LogP contribution is 2.18. The Balaban J connectivity index is 1.71. The molecule has 3 heterocycles. The number of sulfonamides is 1. The van der Waals surface area contributed by atoms with Crippen molar-refractivity contribution in [1.82, 2.24) is 24.4 Å². The summed E-state index contributed by atoms with van der Waals surface area (Å²) in [6, 6.07) is 5.56. The Morgan fingerprint density at radius 3 is 2.71 bits per heavy atom. The number of imidazole rings is 1. The lowest BCUT2D eigenvalue weighted by molar-refractivity contribution is 0.390. The summed E-state index contributed by atoms with van der Waals surface area (Å²) in [5, 5.41) is 3.68. The average molecular weight is 347 g/mol. The predicted molar refractivity (Wildman–Crippen MR) is 86.6 cm³/mol. The topological polar surface area (TPSA) is 103 Å². The fourth-order valence-corrected chi connectivity index (χ4v) is 3.80. The highest BCUT2D eigenvalue weighted by molar-refractivity contribution is 7.89. The van der Waals surface area contributed by atoms with Gasteiger partial charge in [-0.05, 0) is 26.0 Å². The first-order valence-electron chi connectivity index (χ1n) is 7.34. The Kier molecular flexibility index (Phi) is 4.45. The molecule has 0 radical (unpaired) electrons. The van der Waals surface area contributed by atoms with Crippen molar-refractivity contribution in [2.75, 3.05) is 6.54 Å². The van der Waals surface area contributed by atoms with E-state index in [2.05, 4.69) is 19.8 Å². The van der Waals surface area contributed by atoms with E-state index in [1.54, 1.807) is 32.4 Å². The van der Waals surface area contributed by atoms with E-state index in [-0.39, 0.29) is 17.2 Å². The highest BCUT2D eigenvalue weighted by atomic mass is 32.2. The maximum atomic E-state index is 12.4. The van der Waals surface area contributed by atoms with Crippen molar-refractivity contribution in [2.24, 2.45) is 0 Å². The van der Waals surface area contributed by atoms with Gasteiger partial charge in [-0.15, -0.1) is 0 Å². The first-order chi connectivity index (χ1) is 11.5. The van der Waals surface area contributed by atoms with Gasteiger partial charge in [0.15, 0.2) is 11.6 Å². The van der Waals surface area contributed by atoms with Gasteiger partial charge < -0.3 is 9.09 Å². The van der Waals surface area contributed by atoms with Gasteiger partial charge in [-0.2, -0.15) is 0 Å². The van der Waals surface area contributed by atoms with Crippen LogP contribution in [0.5, 0.6) is 0 Å². The van der Waals surface area contributed by atoms with Crippen LogP contribution in [0.3, 0.4) is 0 Å². The number of nitrogens with one attached hydrogen (secondary N) is 1. The van der Waals surface area contributed by atoms with Gasteiger partial charge in [-0.1, -0.05) is 11.2 Å². The largest absolute Gasteiger partial charge is 0.360 e. The molecule has 0 unspecified atom stereocenters. The van der Waals surface area contributed by atoms with Crippen molar-refractivity contribution in [1.29, 1.82) is 0 Å². The lowest BCUT2D eigenvalue weighted by Gasteiger charge is -2.09. The van der Waals surface area contributed by atoms with E-state index in [0.29, 0.717) is 18.1 Å². The summed E-state index contributed by atoms with van der Waals surface area (Å²) in [4.78, 5) is 8.63. The molecule has 0 aliphatic rings. The van der Waals surface area contributed by atoms with Crippen molar-refractivity contribution < 1.29 is 12.9 Å². The third-order valence-electron chi connectivity index (χ3n) is 3.49. The van der Waals surface area contributed by atoms with Crippen LogP contribution in [0.4, 0.5) is 0 Å². The van der Waals surface area contributed by atoms with Gasteiger partial charge in [0.2, 0.25) is 10.0 Å². The molecule has 0 aliphatic carbocycles. The fraction of sp³-hybridized carbons (Fsp3) is 0.267. The second kappa shape index (κ2) is 6.54.